The SMILES string of the molecule is C[C@H]1CCc2c(C(=O)N3CCNC(=O)[C@@H]3CC(=O)O)csc2C1. The second-order valence-electron chi connectivity index (χ2n) is 6.30. The number of nitrogens with one attached hydrogen (secondary N) is 1. The maximum atomic E-state index is 12.9. The summed E-state index contributed by atoms with van der Waals surface area (Å²) >= 11 is 1.60. The van der Waals surface area contributed by atoms with Gasteiger partial charge in [-0.05, 0) is 30.7 Å². The molecule has 124 valence electrons. The molecule has 1 saturated heterocycles. The summed E-state index contributed by atoms with van der Waals surface area (Å²) in [6.07, 6.45) is 2.57. The molecule has 0 bridgehead atoms. The van der Waals surface area contributed by atoms with Crippen LogP contribution in [0.1, 0.15) is 40.6 Å². The van der Waals surface area contributed by atoms with E-state index in [0.29, 0.717) is 24.6 Å². The summed E-state index contributed by atoms with van der Waals surface area (Å²) in [5, 5.41) is 13.5. The second-order valence-corrected chi connectivity index (χ2v) is 7.27. The van der Waals surface area contributed by atoms with Gasteiger partial charge in [0, 0.05) is 23.3 Å². The van der Waals surface area contributed by atoms with Gasteiger partial charge in [-0.1, -0.05) is 6.92 Å². The Morgan fingerprint density at radius 2 is 2.26 bits per heavy atom. The zero-order valence-electron chi connectivity index (χ0n) is 13.0. The number of piperazine rings is 1. The van der Waals surface area contributed by atoms with Crippen LogP contribution in [0.3, 0.4) is 0 Å². The standard InChI is InChI=1S/C16H20N2O4S/c1-9-2-3-10-11(8-23-13(10)6-9)16(22)18-5-4-17-15(21)12(18)7-14(19)20/h8-9,12H,2-7H2,1H3,(H,17,21)(H,19,20)/t9-,12-/m0/s1. The van der Waals surface area contributed by atoms with Gasteiger partial charge in [-0.15, -0.1) is 11.3 Å². The molecule has 3 rings (SSSR count). The van der Waals surface area contributed by atoms with Crippen molar-refractivity contribution in [3.8, 4) is 0 Å². The third-order valence-electron chi connectivity index (χ3n) is 4.59. The van der Waals surface area contributed by atoms with Crippen LogP contribution in [0.4, 0.5) is 0 Å². The van der Waals surface area contributed by atoms with Gasteiger partial charge in [0.15, 0.2) is 0 Å². The number of nitrogens with zero attached hydrogens (tertiary/aromatic N) is 1. The van der Waals surface area contributed by atoms with Gasteiger partial charge in [0.05, 0.1) is 12.0 Å². The van der Waals surface area contributed by atoms with Crippen molar-refractivity contribution in [2.75, 3.05) is 13.1 Å². The number of carboxylic acid groups (broad SMARTS) is 1. The van der Waals surface area contributed by atoms with Crippen molar-refractivity contribution in [3.05, 3.63) is 21.4 Å². The molecule has 7 heteroatoms. The quantitative estimate of drug-likeness (QED) is 0.871. The molecule has 0 aromatic carbocycles. The van der Waals surface area contributed by atoms with Crippen LogP contribution in [-0.2, 0) is 22.4 Å². The zero-order valence-corrected chi connectivity index (χ0v) is 13.8. The van der Waals surface area contributed by atoms with Crippen LogP contribution in [-0.4, -0.2) is 46.9 Å². The molecular weight excluding hydrogens is 316 g/mol. The Balaban J connectivity index is 1.86. The Morgan fingerprint density at radius 1 is 1.48 bits per heavy atom. The molecule has 2 amide bonds. The van der Waals surface area contributed by atoms with Crippen LogP contribution in [0.5, 0.6) is 0 Å². The molecule has 6 nitrogen and oxygen atoms in total. The van der Waals surface area contributed by atoms with Gasteiger partial charge in [-0.3, -0.25) is 14.4 Å². The summed E-state index contributed by atoms with van der Waals surface area (Å²) in [6.45, 7) is 2.93. The van der Waals surface area contributed by atoms with Crippen LogP contribution < -0.4 is 5.32 Å². The first-order valence-electron chi connectivity index (χ1n) is 7.87. The van der Waals surface area contributed by atoms with Crippen molar-refractivity contribution in [2.45, 2.75) is 38.6 Å². The molecule has 0 spiro atoms. The number of fused-ring (bicyclic) bond motifs is 1. The van der Waals surface area contributed by atoms with Gasteiger partial charge in [0.25, 0.3) is 5.91 Å². The molecule has 1 aromatic heterocycles. The van der Waals surface area contributed by atoms with Gasteiger partial charge < -0.3 is 15.3 Å². The lowest BCUT2D eigenvalue weighted by molar-refractivity contribution is -0.142. The number of thiophene rings is 1. The Hall–Kier alpha value is -1.89. The predicted octanol–water partition coefficient (Wildman–Crippen LogP) is 1.29. The van der Waals surface area contributed by atoms with E-state index in [1.54, 1.807) is 11.3 Å². The van der Waals surface area contributed by atoms with E-state index in [2.05, 4.69) is 12.2 Å². The van der Waals surface area contributed by atoms with Gasteiger partial charge in [-0.25, -0.2) is 0 Å². The summed E-state index contributed by atoms with van der Waals surface area (Å²) in [6, 6.07) is -0.924. The monoisotopic (exact) mass is 336 g/mol. The first-order chi connectivity index (χ1) is 11.0. The topological polar surface area (TPSA) is 86.7 Å². The second kappa shape index (κ2) is 6.31. The van der Waals surface area contributed by atoms with Crippen molar-refractivity contribution < 1.29 is 19.5 Å². The van der Waals surface area contributed by atoms with Crippen molar-refractivity contribution in [1.82, 2.24) is 10.2 Å². The maximum absolute atomic E-state index is 12.9. The van der Waals surface area contributed by atoms with Gasteiger partial charge in [0.2, 0.25) is 5.91 Å². The summed E-state index contributed by atoms with van der Waals surface area (Å²) in [7, 11) is 0. The van der Waals surface area contributed by atoms with E-state index in [9.17, 15) is 14.4 Å². The highest BCUT2D eigenvalue weighted by Gasteiger charge is 2.36. The molecule has 23 heavy (non-hydrogen) atoms. The van der Waals surface area contributed by atoms with E-state index in [1.165, 1.54) is 9.78 Å². The third kappa shape index (κ3) is 3.10. The molecular formula is C16H20N2O4S. The van der Waals surface area contributed by atoms with E-state index in [-0.39, 0.29) is 18.2 Å². The van der Waals surface area contributed by atoms with Gasteiger partial charge >= 0.3 is 5.97 Å². The minimum Gasteiger partial charge on any atom is -0.481 e. The number of carboxylic acids is 1. The summed E-state index contributed by atoms with van der Waals surface area (Å²) in [5.74, 6) is -1.04. The molecule has 1 fully saturated rings. The lowest BCUT2D eigenvalue weighted by Gasteiger charge is -2.34. The smallest absolute Gasteiger partial charge is 0.305 e. The van der Waals surface area contributed by atoms with E-state index in [1.807, 2.05) is 5.38 Å². The summed E-state index contributed by atoms with van der Waals surface area (Å²) in [5.41, 5.74) is 1.75. The van der Waals surface area contributed by atoms with Crippen LogP contribution in [0.15, 0.2) is 5.38 Å². The fraction of sp³-hybridized carbons (Fsp3) is 0.562. The fourth-order valence-electron chi connectivity index (χ4n) is 3.34. The third-order valence-corrected chi connectivity index (χ3v) is 5.64. The zero-order chi connectivity index (χ0) is 16.6. The summed E-state index contributed by atoms with van der Waals surface area (Å²) in [4.78, 5) is 38.6. The fourth-order valence-corrected chi connectivity index (χ4v) is 4.58. The lowest BCUT2D eigenvalue weighted by Crippen LogP contribution is -2.57. The van der Waals surface area contributed by atoms with Crippen LogP contribution >= 0.6 is 11.3 Å². The number of carbonyl (C=O) groups excluding carboxylic acids is 2. The van der Waals surface area contributed by atoms with Crippen LogP contribution in [0.2, 0.25) is 0 Å². The average molecular weight is 336 g/mol. The van der Waals surface area contributed by atoms with Crippen LogP contribution in [0.25, 0.3) is 0 Å². The van der Waals surface area contributed by atoms with E-state index >= 15 is 0 Å². The van der Waals surface area contributed by atoms with Gasteiger partial charge in [-0.2, -0.15) is 0 Å². The normalized spacial score (nSPS) is 24.0. The number of amides is 2. The van der Waals surface area contributed by atoms with E-state index in [0.717, 1.165) is 24.8 Å². The Bertz CT molecular complexity index is 655. The Morgan fingerprint density at radius 3 is 3.00 bits per heavy atom. The minimum absolute atomic E-state index is 0.210. The molecule has 2 heterocycles. The van der Waals surface area contributed by atoms with E-state index in [4.69, 9.17) is 5.11 Å². The van der Waals surface area contributed by atoms with Crippen molar-refractivity contribution in [1.29, 1.82) is 0 Å². The molecule has 1 aromatic rings. The highest BCUT2D eigenvalue weighted by molar-refractivity contribution is 7.10. The number of hydrogen-bond donors (Lipinski definition) is 2. The first-order valence-corrected chi connectivity index (χ1v) is 8.75. The number of rotatable bonds is 3. The highest BCUT2D eigenvalue weighted by Crippen LogP contribution is 2.33. The maximum Gasteiger partial charge on any atom is 0.305 e. The molecule has 2 aliphatic rings. The molecule has 2 N–H and O–H groups in total. The molecule has 0 saturated carbocycles. The lowest BCUT2D eigenvalue weighted by atomic mass is 9.88. The van der Waals surface area contributed by atoms with Crippen LogP contribution in [0, 0.1) is 5.92 Å². The number of carbonyl (C=O) groups is 3. The average Bonchev–Trinajstić information content (AvgIpc) is 2.91. The first kappa shape index (κ1) is 16.0. The molecule has 0 radical (unpaired) electrons. The Labute approximate surface area is 138 Å². The van der Waals surface area contributed by atoms with Gasteiger partial charge in [0.1, 0.15) is 6.04 Å². The highest BCUT2D eigenvalue weighted by atomic mass is 32.1. The number of aliphatic carboxylic acids is 1. The minimum atomic E-state index is -1.08. The van der Waals surface area contributed by atoms with E-state index < -0.39 is 12.0 Å². The predicted molar refractivity (Wildman–Crippen MR) is 85.6 cm³/mol. The van der Waals surface area contributed by atoms with Crippen molar-refractivity contribution in [2.24, 2.45) is 5.92 Å². The largest absolute Gasteiger partial charge is 0.481 e. The van der Waals surface area contributed by atoms with Crippen molar-refractivity contribution in [3.63, 3.8) is 0 Å². The molecule has 1 aliphatic carbocycles. The Kier molecular flexibility index (Phi) is 4.39. The summed E-state index contributed by atoms with van der Waals surface area (Å²) < 4.78 is 0. The molecule has 1 aliphatic heterocycles. The van der Waals surface area contributed by atoms with Crippen molar-refractivity contribution >= 4 is 29.1 Å². The number of hydrogen-bond acceptors (Lipinski definition) is 4. The molecule has 0 unspecified atom stereocenters. The molecule has 2 atom stereocenters.